The van der Waals surface area contributed by atoms with E-state index in [-0.39, 0.29) is 5.91 Å². The summed E-state index contributed by atoms with van der Waals surface area (Å²) in [5.74, 6) is -0.372. The van der Waals surface area contributed by atoms with Crippen LogP contribution >= 0.6 is 11.3 Å². The average molecular weight is 347 g/mol. The van der Waals surface area contributed by atoms with Crippen molar-refractivity contribution >= 4 is 28.3 Å². The zero-order valence-electron chi connectivity index (χ0n) is 13.6. The van der Waals surface area contributed by atoms with Gasteiger partial charge in [0, 0.05) is 0 Å². The van der Waals surface area contributed by atoms with Gasteiger partial charge in [-0.3, -0.25) is 9.36 Å². The predicted octanol–water partition coefficient (Wildman–Crippen LogP) is 3.97. The largest absolute Gasteiger partial charge is 0.365 e. The molecule has 2 N–H and O–H groups in total. The number of aryl methyl sites for hydroxylation is 2. The molecule has 0 fully saturated rings. The SMILES string of the molecule is NC(=O)c1sc(-n2cnc3ccccc32)cc1CCc1ccccc1. The van der Waals surface area contributed by atoms with Crippen LogP contribution < -0.4 is 5.73 Å². The number of carbonyl (C=O) groups is 1. The number of amides is 1. The second-order valence-electron chi connectivity index (χ2n) is 5.89. The summed E-state index contributed by atoms with van der Waals surface area (Å²) >= 11 is 1.42. The van der Waals surface area contributed by atoms with Crippen LogP contribution in [-0.4, -0.2) is 15.5 Å². The van der Waals surface area contributed by atoms with Crippen molar-refractivity contribution < 1.29 is 4.79 Å². The smallest absolute Gasteiger partial charge is 0.259 e. The maximum Gasteiger partial charge on any atom is 0.259 e. The molecule has 25 heavy (non-hydrogen) atoms. The van der Waals surface area contributed by atoms with Gasteiger partial charge in [0.1, 0.15) is 11.3 Å². The number of carbonyl (C=O) groups excluding carboxylic acids is 1. The predicted molar refractivity (Wildman–Crippen MR) is 101 cm³/mol. The zero-order chi connectivity index (χ0) is 17.2. The number of rotatable bonds is 5. The minimum atomic E-state index is -0.372. The first-order valence-corrected chi connectivity index (χ1v) is 8.93. The maximum atomic E-state index is 11.9. The number of hydrogen-bond donors (Lipinski definition) is 1. The second kappa shape index (κ2) is 6.53. The van der Waals surface area contributed by atoms with E-state index in [1.54, 1.807) is 6.33 Å². The highest BCUT2D eigenvalue weighted by Gasteiger charge is 2.16. The number of nitrogens with two attached hydrogens (primary N) is 1. The Morgan fingerprint density at radius 2 is 1.80 bits per heavy atom. The standard InChI is InChI=1S/C20H17N3OS/c21-20(24)19-15(11-10-14-6-2-1-3-7-14)12-18(25-19)23-13-22-16-8-4-5-9-17(16)23/h1-9,12-13H,10-11H2,(H2,21,24). The number of aromatic nitrogens is 2. The molecule has 0 unspecified atom stereocenters. The van der Waals surface area contributed by atoms with Gasteiger partial charge < -0.3 is 5.73 Å². The summed E-state index contributed by atoms with van der Waals surface area (Å²) in [5, 5.41) is 0.963. The lowest BCUT2D eigenvalue weighted by atomic mass is 10.0. The Balaban J connectivity index is 1.69. The van der Waals surface area contributed by atoms with E-state index in [2.05, 4.69) is 23.2 Å². The molecule has 0 aliphatic carbocycles. The molecule has 0 spiro atoms. The number of benzene rings is 2. The van der Waals surface area contributed by atoms with Crippen molar-refractivity contribution in [3.8, 4) is 5.00 Å². The normalized spacial score (nSPS) is 11.0. The second-order valence-corrected chi connectivity index (χ2v) is 6.92. The lowest BCUT2D eigenvalue weighted by Gasteiger charge is -2.01. The van der Waals surface area contributed by atoms with Crippen molar-refractivity contribution in [2.75, 3.05) is 0 Å². The average Bonchev–Trinajstić information content (AvgIpc) is 3.25. The first-order chi connectivity index (χ1) is 12.2. The molecular formula is C20H17N3OS. The minimum Gasteiger partial charge on any atom is -0.365 e. The van der Waals surface area contributed by atoms with E-state index in [9.17, 15) is 4.79 Å². The molecule has 0 aliphatic rings. The summed E-state index contributed by atoms with van der Waals surface area (Å²) in [7, 11) is 0. The lowest BCUT2D eigenvalue weighted by molar-refractivity contribution is 0.100. The lowest BCUT2D eigenvalue weighted by Crippen LogP contribution is -2.11. The van der Waals surface area contributed by atoms with Gasteiger partial charge in [0.2, 0.25) is 0 Å². The van der Waals surface area contributed by atoms with Gasteiger partial charge in [-0.25, -0.2) is 4.98 Å². The molecular weight excluding hydrogens is 330 g/mol. The molecule has 0 saturated carbocycles. The van der Waals surface area contributed by atoms with Crippen LogP contribution in [0.2, 0.25) is 0 Å². The summed E-state index contributed by atoms with van der Waals surface area (Å²) < 4.78 is 2.01. The number of fused-ring (bicyclic) bond motifs is 1. The number of para-hydroxylation sites is 2. The molecule has 4 rings (SSSR count). The van der Waals surface area contributed by atoms with E-state index in [1.807, 2.05) is 47.0 Å². The highest BCUT2D eigenvalue weighted by molar-refractivity contribution is 7.16. The monoisotopic (exact) mass is 347 g/mol. The number of thiophene rings is 1. The van der Waals surface area contributed by atoms with Crippen molar-refractivity contribution in [2.24, 2.45) is 5.73 Å². The summed E-state index contributed by atoms with van der Waals surface area (Å²) in [5.41, 5.74) is 9.81. The van der Waals surface area contributed by atoms with Gasteiger partial charge >= 0.3 is 0 Å². The quantitative estimate of drug-likeness (QED) is 0.594. The van der Waals surface area contributed by atoms with Crippen LogP contribution in [0.25, 0.3) is 16.0 Å². The summed E-state index contributed by atoms with van der Waals surface area (Å²) in [6, 6.07) is 20.3. The maximum absolute atomic E-state index is 11.9. The molecule has 4 aromatic rings. The third-order valence-corrected chi connectivity index (χ3v) is 5.43. The first kappa shape index (κ1) is 15.6. The number of nitrogens with zero attached hydrogens (tertiary/aromatic N) is 2. The fourth-order valence-electron chi connectivity index (χ4n) is 2.99. The molecule has 5 heteroatoms. The van der Waals surface area contributed by atoms with E-state index < -0.39 is 0 Å². The Kier molecular flexibility index (Phi) is 4.07. The number of hydrogen-bond acceptors (Lipinski definition) is 3. The first-order valence-electron chi connectivity index (χ1n) is 8.11. The Bertz CT molecular complexity index is 1030. The van der Waals surface area contributed by atoms with Crippen molar-refractivity contribution in [3.63, 3.8) is 0 Å². The van der Waals surface area contributed by atoms with E-state index in [1.165, 1.54) is 16.9 Å². The molecule has 0 bridgehead atoms. The van der Waals surface area contributed by atoms with Gasteiger partial charge in [0.25, 0.3) is 5.91 Å². The van der Waals surface area contributed by atoms with Crippen molar-refractivity contribution in [1.82, 2.24) is 9.55 Å². The molecule has 2 aromatic carbocycles. The van der Waals surface area contributed by atoms with E-state index in [0.717, 1.165) is 34.4 Å². The molecule has 0 radical (unpaired) electrons. The van der Waals surface area contributed by atoms with Crippen LogP contribution in [0.3, 0.4) is 0 Å². The molecule has 2 heterocycles. The fourth-order valence-corrected chi connectivity index (χ4v) is 4.03. The molecule has 2 aromatic heterocycles. The van der Waals surface area contributed by atoms with Crippen molar-refractivity contribution in [3.05, 3.63) is 83.0 Å². The summed E-state index contributed by atoms with van der Waals surface area (Å²) in [6.07, 6.45) is 3.45. The molecule has 4 nitrogen and oxygen atoms in total. The zero-order valence-corrected chi connectivity index (χ0v) is 14.4. The molecule has 0 aliphatic heterocycles. The van der Waals surface area contributed by atoms with Crippen LogP contribution in [0.1, 0.15) is 20.8 Å². The van der Waals surface area contributed by atoms with Gasteiger partial charge in [-0.15, -0.1) is 11.3 Å². The number of primary amides is 1. The van der Waals surface area contributed by atoms with Crippen LogP contribution in [0, 0.1) is 0 Å². The molecule has 124 valence electrons. The van der Waals surface area contributed by atoms with E-state index in [0.29, 0.717) is 4.88 Å². The summed E-state index contributed by atoms with van der Waals surface area (Å²) in [6.45, 7) is 0. The van der Waals surface area contributed by atoms with Gasteiger partial charge in [-0.1, -0.05) is 42.5 Å². The summed E-state index contributed by atoms with van der Waals surface area (Å²) in [4.78, 5) is 16.9. The Morgan fingerprint density at radius 3 is 2.60 bits per heavy atom. The molecule has 0 atom stereocenters. The fraction of sp³-hybridized carbons (Fsp3) is 0.100. The van der Waals surface area contributed by atoms with Crippen LogP contribution in [0.4, 0.5) is 0 Å². The van der Waals surface area contributed by atoms with Crippen molar-refractivity contribution in [1.29, 1.82) is 0 Å². The van der Waals surface area contributed by atoms with Crippen molar-refractivity contribution in [2.45, 2.75) is 12.8 Å². The van der Waals surface area contributed by atoms with Crippen LogP contribution in [-0.2, 0) is 12.8 Å². The van der Waals surface area contributed by atoms with E-state index in [4.69, 9.17) is 5.73 Å². The van der Waals surface area contributed by atoms with Gasteiger partial charge in [-0.2, -0.15) is 0 Å². The Morgan fingerprint density at radius 1 is 1.04 bits per heavy atom. The van der Waals surface area contributed by atoms with Crippen LogP contribution in [0.5, 0.6) is 0 Å². The van der Waals surface area contributed by atoms with Gasteiger partial charge in [0.15, 0.2) is 0 Å². The third kappa shape index (κ3) is 3.06. The topological polar surface area (TPSA) is 60.9 Å². The van der Waals surface area contributed by atoms with Gasteiger partial charge in [0.05, 0.1) is 15.9 Å². The Hall–Kier alpha value is -2.92. The number of imidazole rings is 1. The molecule has 0 saturated heterocycles. The Labute approximate surface area is 149 Å². The third-order valence-electron chi connectivity index (χ3n) is 4.24. The molecule has 1 amide bonds. The van der Waals surface area contributed by atoms with Crippen LogP contribution in [0.15, 0.2) is 67.0 Å². The van der Waals surface area contributed by atoms with E-state index >= 15 is 0 Å². The minimum absolute atomic E-state index is 0.372. The highest BCUT2D eigenvalue weighted by atomic mass is 32.1. The highest BCUT2D eigenvalue weighted by Crippen LogP contribution is 2.29. The van der Waals surface area contributed by atoms with Gasteiger partial charge in [-0.05, 0) is 42.2 Å².